The Morgan fingerprint density at radius 2 is 2.15 bits per heavy atom. The van der Waals surface area contributed by atoms with Crippen molar-refractivity contribution in [3.05, 3.63) is 56.8 Å². The van der Waals surface area contributed by atoms with Crippen molar-refractivity contribution in [3.8, 4) is 0 Å². The van der Waals surface area contributed by atoms with E-state index in [0.29, 0.717) is 9.92 Å². The predicted molar refractivity (Wildman–Crippen MR) is 77.6 cm³/mol. The van der Waals surface area contributed by atoms with E-state index in [4.69, 9.17) is 17.0 Å². The highest BCUT2D eigenvalue weighted by Crippen LogP contribution is 2.30. The Labute approximate surface area is 124 Å². The van der Waals surface area contributed by atoms with Gasteiger partial charge in [0, 0.05) is 6.54 Å². The second-order valence-electron chi connectivity index (χ2n) is 4.16. The molecule has 0 unspecified atom stereocenters. The molecule has 4 nitrogen and oxygen atoms in total. The molecule has 7 heteroatoms. The fourth-order valence-electron chi connectivity index (χ4n) is 1.75. The Bertz CT molecular complexity index is 749. The molecule has 2 aromatic rings. The van der Waals surface area contributed by atoms with Gasteiger partial charge in [-0.25, -0.2) is 13.2 Å². The van der Waals surface area contributed by atoms with E-state index < -0.39 is 17.0 Å². The van der Waals surface area contributed by atoms with Gasteiger partial charge < -0.3 is 0 Å². The molecule has 1 heterocycles. The van der Waals surface area contributed by atoms with Crippen molar-refractivity contribution in [3.63, 3.8) is 0 Å². The SMILES string of the molecule is CCn1c(=N)c(F)cn(Sc2c(C)cccc2Cl)c1=O. The first-order chi connectivity index (χ1) is 9.45. The molecule has 1 aromatic heterocycles. The van der Waals surface area contributed by atoms with Gasteiger partial charge in [-0.3, -0.25) is 9.98 Å². The smallest absolute Gasteiger partial charge is 0.282 e. The van der Waals surface area contributed by atoms with E-state index in [0.717, 1.165) is 32.2 Å². The van der Waals surface area contributed by atoms with Crippen LogP contribution in [0, 0.1) is 18.2 Å². The van der Waals surface area contributed by atoms with Gasteiger partial charge >= 0.3 is 5.69 Å². The van der Waals surface area contributed by atoms with Crippen LogP contribution in [0.25, 0.3) is 0 Å². The first kappa shape index (κ1) is 14.9. The molecule has 2 rings (SSSR count). The minimum absolute atomic E-state index is 0.234. The zero-order valence-electron chi connectivity index (χ0n) is 11.0. The van der Waals surface area contributed by atoms with E-state index >= 15 is 0 Å². The Kier molecular flexibility index (Phi) is 4.35. The maximum Gasteiger partial charge on any atom is 0.340 e. The van der Waals surface area contributed by atoms with Gasteiger partial charge in [-0.2, -0.15) is 0 Å². The summed E-state index contributed by atoms with van der Waals surface area (Å²) in [7, 11) is 0. The van der Waals surface area contributed by atoms with Crippen molar-refractivity contribution in [1.82, 2.24) is 8.54 Å². The molecule has 0 radical (unpaired) electrons. The average molecular weight is 314 g/mol. The first-order valence-corrected chi connectivity index (χ1v) is 7.11. The van der Waals surface area contributed by atoms with Crippen LogP contribution in [-0.4, -0.2) is 8.54 Å². The molecule has 20 heavy (non-hydrogen) atoms. The summed E-state index contributed by atoms with van der Waals surface area (Å²) in [5.74, 6) is -0.747. The molecule has 1 N–H and O–H groups in total. The minimum atomic E-state index is -0.747. The number of nitrogens with one attached hydrogen (secondary N) is 1. The second-order valence-corrected chi connectivity index (χ2v) is 5.55. The Balaban J connectivity index is 2.58. The largest absolute Gasteiger partial charge is 0.340 e. The topological polar surface area (TPSA) is 50.8 Å². The van der Waals surface area contributed by atoms with Gasteiger partial charge in [0.2, 0.25) is 0 Å². The molecule has 106 valence electrons. The summed E-state index contributed by atoms with van der Waals surface area (Å²) in [5.41, 5.74) is 0.0289. The van der Waals surface area contributed by atoms with Gasteiger partial charge in [-0.05, 0) is 37.4 Å². The van der Waals surface area contributed by atoms with Gasteiger partial charge in [-0.1, -0.05) is 23.7 Å². The third-order valence-electron chi connectivity index (χ3n) is 2.82. The zero-order chi connectivity index (χ0) is 14.9. The average Bonchev–Trinajstić information content (AvgIpc) is 2.40. The lowest BCUT2D eigenvalue weighted by Gasteiger charge is -2.11. The number of halogens is 2. The van der Waals surface area contributed by atoms with Crippen molar-refractivity contribution >= 4 is 23.5 Å². The van der Waals surface area contributed by atoms with Crippen molar-refractivity contribution in [1.29, 1.82) is 5.41 Å². The number of hydrogen-bond donors (Lipinski definition) is 1. The molecule has 0 saturated carbocycles. The summed E-state index contributed by atoms with van der Waals surface area (Å²) >= 11 is 7.15. The predicted octanol–water partition coefficient (Wildman–Crippen LogP) is 2.81. The molecular formula is C13H13ClFN3OS. The quantitative estimate of drug-likeness (QED) is 0.947. The number of hydrogen-bond acceptors (Lipinski definition) is 3. The van der Waals surface area contributed by atoms with Crippen LogP contribution in [0.1, 0.15) is 12.5 Å². The fraction of sp³-hybridized carbons (Fsp3) is 0.231. The minimum Gasteiger partial charge on any atom is -0.282 e. The van der Waals surface area contributed by atoms with Gasteiger partial charge in [0.15, 0.2) is 11.3 Å². The van der Waals surface area contributed by atoms with Crippen LogP contribution < -0.4 is 11.2 Å². The van der Waals surface area contributed by atoms with E-state index in [-0.39, 0.29) is 6.54 Å². The van der Waals surface area contributed by atoms with E-state index in [1.165, 1.54) is 0 Å². The lowest BCUT2D eigenvalue weighted by Crippen LogP contribution is -2.39. The van der Waals surface area contributed by atoms with Crippen molar-refractivity contribution < 1.29 is 4.39 Å². The molecule has 0 amide bonds. The highest BCUT2D eigenvalue weighted by Gasteiger charge is 2.11. The van der Waals surface area contributed by atoms with Crippen LogP contribution in [0.15, 0.2) is 34.1 Å². The molecule has 0 fully saturated rings. The monoisotopic (exact) mass is 313 g/mol. The molecule has 0 aliphatic carbocycles. The van der Waals surface area contributed by atoms with Crippen molar-refractivity contribution in [2.45, 2.75) is 25.3 Å². The number of nitrogens with zero attached hydrogens (tertiary/aromatic N) is 2. The molecular weight excluding hydrogens is 301 g/mol. The second kappa shape index (κ2) is 5.85. The lowest BCUT2D eigenvalue weighted by molar-refractivity contribution is 0.529. The summed E-state index contributed by atoms with van der Waals surface area (Å²) in [4.78, 5) is 12.9. The molecule has 0 spiro atoms. The standard InChI is InChI=1S/C13H13ClFN3OS/c1-3-17-12(16)10(15)7-18(13(17)19)20-11-8(2)5-4-6-9(11)14/h4-7,16H,3H2,1-2H3. The van der Waals surface area contributed by atoms with Crippen LogP contribution in [0.2, 0.25) is 5.02 Å². The van der Waals surface area contributed by atoms with Gasteiger partial charge in [0.25, 0.3) is 0 Å². The maximum atomic E-state index is 13.7. The normalized spacial score (nSPS) is 10.8. The highest BCUT2D eigenvalue weighted by molar-refractivity contribution is 7.98. The van der Waals surface area contributed by atoms with Crippen molar-refractivity contribution in [2.24, 2.45) is 0 Å². The zero-order valence-corrected chi connectivity index (χ0v) is 12.6. The fourth-order valence-corrected chi connectivity index (χ4v) is 2.96. The molecule has 1 aromatic carbocycles. The molecule has 0 aliphatic rings. The van der Waals surface area contributed by atoms with Crippen LogP contribution in [-0.2, 0) is 6.54 Å². The van der Waals surface area contributed by atoms with Crippen molar-refractivity contribution in [2.75, 3.05) is 0 Å². The van der Waals surface area contributed by atoms with Gasteiger partial charge in [-0.15, -0.1) is 0 Å². The van der Waals surface area contributed by atoms with Crippen LogP contribution in [0.3, 0.4) is 0 Å². The highest BCUT2D eigenvalue weighted by atomic mass is 35.5. The summed E-state index contributed by atoms with van der Waals surface area (Å²) < 4.78 is 15.9. The molecule has 0 saturated heterocycles. The van der Waals surface area contributed by atoms with E-state index in [9.17, 15) is 9.18 Å². The third kappa shape index (κ3) is 2.66. The molecule has 0 aliphatic heterocycles. The Morgan fingerprint density at radius 3 is 2.75 bits per heavy atom. The first-order valence-electron chi connectivity index (χ1n) is 5.95. The van der Waals surface area contributed by atoms with Crippen LogP contribution in [0.5, 0.6) is 0 Å². The summed E-state index contributed by atoms with van der Waals surface area (Å²) in [6.07, 6.45) is 1.02. The van der Waals surface area contributed by atoms with E-state index in [2.05, 4.69) is 0 Å². The van der Waals surface area contributed by atoms with Gasteiger partial charge in [0.1, 0.15) is 0 Å². The van der Waals surface area contributed by atoms with E-state index in [1.807, 2.05) is 19.1 Å². The maximum absolute atomic E-state index is 13.7. The van der Waals surface area contributed by atoms with Crippen LogP contribution >= 0.6 is 23.5 Å². The number of aryl methyl sites for hydroxylation is 1. The summed E-state index contributed by atoms with van der Waals surface area (Å²) in [5, 5.41) is 8.04. The number of benzene rings is 1. The van der Waals surface area contributed by atoms with E-state index in [1.54, 1.807) is 13.0 Å². The van der Waals surface area contributed by atoms with Gasteiger partial charge in [0.05, 0.1) is 16.1 Å². The Hall–Kier alpha value is -1.53. The summed E-state index contributed by atoms with van der Waals surface area (Å²) in [6.45, 7) is 3.79. The third-order valence-corrected chi connectivity index (χ3v) is 4.43. The lowest BCUT2D eigenvalue weighted by atomic mass is 10.2. The Morgan fingerprint density at radius 1 is 1.45 bits per heavy atom. The van der Waals surface area contributed by atoms with Crippen LogP contribution in [0.4, 0.5) is 4.39 Å². The number of aromatic nitrogens is 2. The number of rotatable bonds is 3. The summed E-state index contributed by atoms with van der Waals surface area (Å²) in [6, 6.07) is 5.39. The molecule has 0 atom stereocenters. The molecule has 0 bridgehead atoms.